The quantitative estimate of drug-likeness (QED) is 0.426. The van der Waals surface area contributed by atoms with Crippen molar-refractivity contribution in [2.75, 3.05) is 26.2 Å². The maximum atomic E-state index is 14.2. The van der Waals surface area contributed by atoms with Crippen LogP contribution in [0.15, 0.2) is 60.7 Å². The van der Waals surface area contributed by atoms with Crippen LogP contribution in [-0.2, 0) is 36.9 Å². The molecule has 2 aromatic carbocycles. The van der Waals surface area contributed by atoms with Crippen LogP contribution in [0.1, 0.15) is 59.1 Å². The second kappa shape index (κ2) is 13.4. The fraction of sp³-hybridized carbons (Fsp3) is 0.529. The zero-order chi connectivity index (χ0) is 32.1. The third kappa shape index (κ3) is 8.16. The van der Waals surface area contributed by atoms with Gasteiger partial charge >= 0.3 is 6.09 Å². The van der Waals surface area contributed by atoms with Gasteiger partial charge in [-0.3, -0.25) is 14.4 Å². The molecule has 4 rings (SSSR count). The Balaban J connectivity index is 1.53. The minimum atomic E-state index is -1.37. The smallest absolute Gasteiger partial charge is 0.408 e. The van der Waals surface area contributed by atoms with E-state index in [9.17, 15) is 19.2 Å². The van der Waals surface area contributed by atoms with Crippen molar-refractivity contribution < 1.29 is 28.7 Å². The van der Waals surface area contributed by atoms with E-state index in [1.165, 1.54) is 0 Å². The van der Waals surface area contributed by atoms with E-state index in [4.69, 9.17) is 9.47 Å². The number of carbonyl (C=O) groups excluding carboxylic acids is 4. The summed E-state index contributed by atoms with van der Waals surface area (Å²) in [7, 11) is 0. The van der Waals surface area contributed by atoms with E-state index in [2.05, 4.69) is 10.6 Å². The minimum absolute atomic E-state index is 0.0663. The second-order valence-corrected chi connectivity index (χ2v) is 13.5. The molecule has 0 spiro atoms. The van der Waals surface area contributed by atoms with Gasteiger partial charge in [0.25, 0.3) is 0 Å². The highest BCUT2D eigenvalue weighted by molar-refractivity contribution is 5.94. The Kier molecular flexibility index (Phi) is 10.0. The molecule has 0 bridgehead atoms. The summed E-state index contributed by atoms with van der Waals surface area (Å²) in [4.78, 5) is 57.0. The maximum Gasteiger partial charge on any atom is 0.408 e. The number of carbonyl (C=O) groups is 4. The largest absolute Gasteiger partial charge is 0.444 e. The number of alkyl carbamates (subject to hydrolysis) is 1. The van der Waals surface area contributed by atoms with E-state index in [0.717, 1.165) is 11.1 Å². The predicted octanol–water partition coefficient (Wildman–Crippen LogP) is 3.68. The van der Waals surface area contributed by atoms with Crippen LogP contribution in [0, 0.1) is 5.92 Å². The van der Waals surface area contributed by atoms with Crippen molar-refractivity contribution in [3.05, 3.63) is 71.8 Å². The number of benzene rings is 2. The fourth-order valence-electron chi connectivity index (χ4n) is 6.03. The normalized spacial score (nSPS) is 21.0. The summed E-state index contributed by atoms with van der Waals surface area (Å²) in [6.45, 7) is 11.6. The van der Waals surface area contributed by atoms with Crippen LogP contribution in [0.4, 0.5) is 4.79 Å². The van der Waals surface area contributed by atoms with Crippen LogP contribution >= 0.6 is 0 Å². The Morgan fingerprint density at radius 3 is 2.18 bits per heavy atom. The lowest BCUT2D eigenvalue weighted by molar-refractivity contribution is -0.147. The van der Waals surface area contributed by atoms with Gasteiger partial charge in [0.05, 0.1) is 18.8 Å². The van der Waals surface area contributed by atoms with Gasteiger partial charge in [-0.25, -0.2) is 4.79 Å². The lowest BCUT2D eigenvalue weighted by atomic mass is 9.84. The number of hydrogen-bond acceptors (Lipinski definition) is 6. The van der Waals surface area contributed by atoms with Crippen LogP contribution in [0.5, 0.6) is 0 Å². The van der Waals surface area contributed by atoms with Gasteiger partial charge in [-0.1, -0.05) is 67.6 Å². The van der Waals surface area contributed by atoms with Crippen molar-refractivity contribution in [3.8, 4) is 0 Å². The molecular formula is C34H46N4O6. The van der Waals surface area contributed by atoms with Crippen LogP contribution in [0.3, 0.4) is 0 Å². The molecule has 0 aliphatic carbocycles. The Labute approximate surface area is 260 Å². The van der Waals surface area contributed by atoms with Gasteiger partial charge < -0.3 is 29.9 Å². The molecule has 4 amide bonds. The van der Waals surface area contributed by atoms with Crippen molar-refractivity contribution in [1.29, 1.82) is 0 Å². The molecule has 0 saturated carbocycles. The summed E-state index contributed by atoms with van der Waals surface area (Å²) >= 11 is 0. The SMILES string of the molecule is C[C@H]1C[C@]2(Cc3ccccc3)CN(C(=O)[C@@H](COCc3ccccc3)NC(=O)C(C)(C)NC(=O)OC(C)(C)C)CCN2C1=O. The average Bonchev–Trinajstić information content (AvgIpc) is 3.20. The number of fused-ring (bicyclic) bond motifs is 1. The zero-order valence-corrected chi connectivity index (χ0v) is 26.7. The Morgan fingerprint density at radius 2 is 1.57 bits per heavy atom. The standard InChI is InChI=1S/C34H46N4O6/c1-24-19-34(20-25-13-9-7-10-14-25)23-37(17-18-38(34)28(24)39)29(40)27(22-43-21-26-15-11-8-12-16-26)35-30(41)33(5,6)36-31(42)44-32(2,3)4/h7-16,24,27H,17-23H2,1-6H3,(H,35,41)(H,36,42)/t24-,27+,34-/m0/s1. The Morgan fingerprint density at radius 1 is 0.955 bits per heavy atom. The third-order valence-corrected chi connectivity index (χ3v) is 8.09. The molecule has 2 aliphatic rings. The van der Waals surface area contributed by atoms with Gasteiger partial charge in [0, 0.05) is 25.6 Å². The highest BCUT2D eigenvalue weighted by Crippen LogP contribution is 2.39. The molecule has 2 saturated heterocycles. The molecule has 44 heavy (non-hydrogen) atoms. The summed E-state index contributed by atoms with van der Waals surface area (Å²) in [6.07, 6.45) is 0.529. The first-order valence-electron chi connectivity index (χ1n) is 15.3. The van der Waals surface area contributed by atoms with Crippen molar-refractivity contribution >= 4 is 23.8 Å². The lowest BCUT2D eigenvalue weighted by Gasteiger charge is -2.48. The molecule has 10 nitrogen and oxygen atoms in total. The predicted molar refractivity (Wildman–Crippen MR) is 166 cm³/mol. The van der Waals surface area contributed by atoms with Gasteiger partial charge in [-0.2, -0.15) is 0 Å². The second-order valence-electron chi connectivity index (χ2n) is 13.5. The molecule has 2 aromatic rings. The first kappa shape index (κ1) is 33.0. The number of hydrogen-bond donors (Lipinski definition) is 2. The van der Waals surface area contributed by atoms with E-state index in [-0.39, 0.29) is 30.9 Å². The van der Waals surface area contributed by atoms with Crippen molar-refractivity contribution in [1.82, 2.24) is 20.4 Å². The summed E-state index contributed by atoms with van der Waals surface area (Å²) in [5.74, 6) is -0.872. The van der Waals surface area contributed by atoms with Crippen molar-refractivity contribution in [2.45, 2.75) is 83.7 Å². The molecule has 2 aliphatic heterocycles. The van der Waals surface area contributed by atoms with Crippen LogP contribution < -0.4 is 10.6 Å². The molecule has 3 atom stereocenters. The molecule has 2 fully saturated rings. The molecule has 0 unspecified atom stereocenters. The van der Waals surface area contributed by atoms with Gasteiger partial charge in [0.1, 0.15) is 17.2 Å². The average molecular weight is 607 g/mol. The van der Waals surface area contributed by atoms with Gasteiger partial charge in [0.2, 0.25) is 17.7 Å². The highest BCUT2D eigenvalue weighted by atomic mass is 16.6. The number of nitrogens with zero attached hydrogens (tertiary/aromatic N) is 2. The van der Waals surface area contributed by atoms with Crippen molar-refractivity contribution in [2.24, 2.45) is 5.92 Å². The number of nitrogens with one attached hydrogen (secondary N) is 2. The first-order valence-corrected chi connectivity index (χ1v) is 15.3. The maximum absolute atomic E-state index is 14.2. The molecular weight excluding hydrogens is 560 g/mol. The molecule has 2 N–H and O–H groups in total. The molecule has 10 heteroatoms. The monoisotopic (exact) mass is 606 g/mol. The number of ether oxygens (including phenoxy) is 2. The minimum Gasteiger partial charge on any atom is -0.444 e. The molecule has 238 valence electrons. The van der Waals surface area contributed by atoms with E-state index in [1.807, 2.05) is 72.5 Å². The third-order valence-electron chi connectivity index (χ3n) is 8.09. The van der Waals surface area contributed by atoms with E-state index < -0.39 is 34.7 Å². The number of rotatable bonds is 10. The van der Waals surface area contributed by atoms with E-state index in [0.29, 0.717) is 32.5 Å². The Hall–Kier alpha value is -3.92. The fourth-order valence-corrected chi connectivity index (χ4v) is 6.03. The molecule has 2 heterocycles. The van der Waals surface area contributed by atoms with Crippen LogP contribution in [-0.4, -0.2) is 82.6 Å². The number of amides is 4. The van der Waals surface area contributed by atoms with E-state index in [1.54, 1.807) is 39.5 Å². The number of piperazine rings is 1. The molecule has 0 radical (unpaired) electrons. The van der Waals surface area contributed by atoms with Gasteiger partial charge in [0.15, 0.2) is 0 Å². The van der Waals surface area contributed by atoms with Crippen LogP contribution in [0.25, 0.3) is 0 Å². The summed E-state index contributed by atoms with van der Waals surface area (Å²) < 4.78 is 11.3. The lowest BCUT2D eigenvalue weighted by Crippen LogP contribution is -2.66. The Bertz CT molecular complexity index is 1330. The van der Waals surface area contributed by atoms with Crippen LogP contribution in [0.2, 0.25) is 0 Å². The van der Waals surface area contributed by atoms with Gasteiger partial charge in [-0.05, 0) is 58.6 Å². The molecule has 0 aromatic heterocycles. The topological polar surface area (TPSA) is 117 Å². The first-order chi connectivity index (χ1) is 20.7. The summed E-state index contributed by atoms with van der Waals surface area (Å²) in [5.41, 5.74) is -0.619. The highest BCUT2D eigenvalue weighted by Gasteiger charge is 2.53. The van der Waals surface area contributed by atoms with Gasteiger partial charge in [-0.15, -0.1) is 0 Å². The summed E-state index contributed by atoms with van der Waals surface area (Å²) in [6, 6.07) is 18.6. The van der Waals surface area contributed by atoms with E-state index >= 15 is 0 Å². The van der Waals surface area contributed by atoms with Crippen molar-refractivity contribution in [3.63, 3.8) is 0 Å². The summed E-state index contributed by atoms with van der Waals surface area (Å²) in [5, 5.41) is 5.45. The zero-order valence-electron chi connectivity index (χ0n) is 26.7.